The Balaban J connectivity index is 1.36. The molecule has 138 valence electrons. The number of hydrogen-bond donors (Lipinski definition) is 1. The maximum Gasteiger partial charge on any atom is 0.323 e. The molecule has 2 aromatic heterocycles. The van der Waals surface area contributed by atoms with Crippen LogP contribution in [0.15, 0.2) is 48.0 Å². The first kappa shape index (κ1) is 17.3. The maximum absolute atomic E-state index is 13.4. The van der Waals surface area contributed by atoms with E-state index in [-0.39, 0.29) is 11.8 Å². The molecule has 1 fully saturated rings. The fraction of sp³-hybridized carbons (Fsp3) is 0.222. The summed E-state index contributed by atoms with van der Waals surface area (Å²) in [6.07, 6.45) is 1.56. The Morgan fingerprint density at radius 3 is 2.74 bits per heavy atom. The van der Waals surface area contributed by atoms with Gasteiger partial charge in [0.2, 0.25) is 0 Å². The van der Waals surface area contributed by atoms with Crippen molar-refractivity contribution in [1.82, 2.24) is 20.1 Å². The van der Waals surface area contributed by atoms with Gasteiger partial charge in [-0.25, -0.2) is 14.2 Å². The lowest BCUT2D eigenvalue weighted by Crippen LogP contribution is -2.50. The molecule has 1 aliphatic rings. The predicted molar refractivity (Wildman–Crippen MR) is 102 cm³/mol. The van der Waals surface area contributed by atoms with E-state index in [4.69, 9.17) is 0 Å². The van der Waals surface area contributed by atoms with E-state index in [2.05, 4.69) is 25.4 Å². The largest absolute Gasteiger partial charge is 0.345 e. The molecule has 1 N–H and O–H groups in total. The molecule has 1 aromatic carbocycles. The summed E-state index contributed by atoms with van der Waals surface area (Å²) in [6.45, 7) is 2.54. The van der Waals surface area contributed by atoms with Crippen LogP contribution in [0.5, 0.6) is 0 Å². The van der Waals surface area contributed by atoms with E-state index in [0.717, 1.165) is 16.4 Å². The minimum absolute atomic E-state index is 0.185. The van der Waals surface area contributed by atoms with Gasteiger partial charge in [0, 0.05) is 43.3 Å². The van der Waals surface area contributed by atoms with Crippen molar-refractivity contribution in [3.63, 3.8) is 0 Å². The summed E-state index contributed by atoms with van der Waals surface area (Å²) < 4.78 is 13.4. The van der Waals surface area contributed by atoms with Crippen LogP contribution in [0.3, 0.4) is 0 Å². The fourth-order valence-electron chi connectivity index (χ4n) is 2.85. The third kappa shape index (κ3) is 4.03. The number of piperazine rings is 1. The third-order valence-electron chi connectivity index (χ3n) is 4.26. The van der Waals surface area contributed by atoms with E-state index in [1.165, 1.54) is 23.5 Å². The lowest BCUT2D eigenvalue weighted by atomic mass is 10.2. The molecular weight excluding hydrogens is 367 g/mol. The van der Waals surface area contributed by atoms with Crippen LogP contribution in [0.1, 0.15) is 0 Å². The second-order valence-electron chi connectivity index (χ2n) is 6.04. The first-order chi connectivity index (χ1) is 13.2. The molecule has 3 aromatic rings. The zero-order valence-corrected chi connectivity index (χ0v) is 15.2. The van der Waals surface area contributed by atoms with Gasteiger partial charge in [-0.1, -0.05) is 12.1 Å². The van der Waals surface area contributed by atoms with Gasteiger partial charge in [0.15, 0.2) is 10.9 Å². The van der Waals surface area contributed by atoms with Crippen molar-refractivity contribution in [1.29, 1.82) is 0 Å². The van der Waals surface area contributed by atoms with Crippen LogP contribution in [0, 0.1) is 5.82 Å². The van der Waals surface area contributed by atoms with Crippen LogP contribution in [0.2, 0.25) is 0 Å². The van der Waals surface area contributed by atoms with E-state index in [1.54, 1.807) is 29.3 Å². The van der Waals surface area contributed by atoms with Gasteiger partial charge in [-0.2, -0.15) is 5.10 Å². The van der Waals surface area contributed by atoms with E-state index in [9.17, 15) is 9.18 Å². The highest BCUT2D eigenvalue weighted by molar-refractivity contribution is 7.14. The predicted octanol–water partition coefficient (Wildman–Crippen LogP) is 3.09. The van der Waals surface area contributed by atoms with Crippen molar-refractivity contribution >= 4 is 28.3 Å². The number of rotatable bonds is 3. The van der Waals surface area contributed by atoms with Gasteiger partial charge in [0.05, 0.1) is 5.69 Å². The van der Waals surface area contributed by atoms with E-state index < -0.39 is 0 Å². The summed E-state index contributed by atoms with van der Waals surface area (Å²) in [5.41, 5.74) is 1.52. The Hall–Kier alpha value is -3.07. The average molecular weight is 384 g/mol. The van der Waals surface area contributed by atoms with Crippen molar-refractivity contribution in [2.45, 2.75) is 0 Å². The molecule has 0 bridgehead atoms. The van der Waals surface area contributed by atoms with Crippen LogP contribution in [0.25, 0.3) is 11.3 Å². The second kappa shape index (κ2) is 7.67. The minimum atomic E-state index is -0.273. The number of aromatic nitrogens is 3. The Morgan fingerprint density at radius 1 is 1.15 bits per heavy atom. The van der Waals surface area contributed by atoms with Gasteiger partial charge >= 0.3 is 6.03 Å². The van der Waals surface area contributed by atoms with E-state index in [0.29, 0.717) is 32.0 Å². The lowest BCUT2D eigenvalue weighted by molar-refractivity contribution is 0.208. The molecule has 0 atom stereocenters. The molecule has 3 heterocycles. The fourth-order valence-corrected chi connectivity index (χ4v) is 3.74. The van der Waals surface area contributed by atoms with Crippen LogP contribution in [-0.4, -0.2) is 52.3 Å². The first-order valence-electron chi connectivity index (χ1n) is 8.49. The summed E-state index contributed by atoms with van der Waals surface area (Å²) in [5.74, 6) is 0.161. The Kier molecular flexibility index (Phi) is 4.93. The van der Waals surface area contributed by atoms with Crippen molar-refractivity contribution < 1.29 is 9.18 Å². The van der Waals surface area contributed by atoms with Gasteiger partial charge < -0.3 is 9.80 Å². The molecule has 0 saturated carbocycles. The molecule has 2 amide bonds. The van der Waals surface area contributed by atoms with Crippen molar-refractivity contribution in [3.05, 3.63) is 53.8 Å². The van der Waals surface area contributed by atoms with E-state index in [1.807, 2.05) is 11.4 Å². The molecule has 0 spiro atoms. The number of halogens is 1. The van der Waals surface area contributed by atoms with E-state index >= 15 is 0 Å². The number of amides is 2. The van der Waals surface area contributed by atoms with Crippen LogP contribution >= 0.6 is 11.3 Å². The third-order valence-corrected chi connectivity index (χ3v) is 5.16. The zero-order valence-electron chi connectivity index (χ0n) is 14.4. The van der Waals surface area contributed by atoms with Crippen LogP contribution < -0.4 is 10.2 Å². The summed E-state index contributed by atoms with van der Waals surface area (Å²) in [6, 6.07) is 9.66. The monoisotopic (exact) mass is 384 g/mol. The molecule has 0 radical (unpaired) electrons. The number of carbonyl (C=O) groups is 1. The van der Waals surface area contributed by atoms with Gasteiger partial charge in [-0.3, -0.25) is 5.32 Å². The summed E-state index contributed by atoms with van der Waals surface area (Å²) in [7, 11) is 0. The number of benzene rings is 1. The number of hydrogen-bond acceptors (Lipinski definition) is 6. The Morgan fingerprint density at radius 2 is 2.00 bits per heavy atom. The number of urea groups is 1. The SMILES string of the molecule is O=C(Nc1cccnn1)N1CCN(c2nc(-c3cccc(F)c3)cs2)CC1. The molecule has 27 heavy (non-hydrogen) atoms. The average Bonchev–Trinajstić information content (AvgIpc) is 3.19. The number of nitrogens with zero attached hydrogens (tertiary/aromatic N) is 5. The number of anilines is 2. The molecule has 4 rings (SSSR count). The highest BCUT2D eigenvalue weighted by Crippen LogP contribution is 2.28. The molecule has 7 nitrogen and oxygen atoms in total. The molecule has 9 heteroatoms. The molecule has 1 aliphatic heterocycles. The van der Waals surface area contributed by atoms with Crippen molar-refractivity contribution in [2.75, 3.05) is 36.4 Å². The Labute approximate surface area is 159 Å². The van der Waals surface area contributed by atoms with Crippen molar-refractivity contribution in [2.24, 2.45) is 0 Å². The van der Waals surface area contributed by atoms with Gasteiger partial charge in [-0.05, 0) is 24.3 Å². The van der Waals surface area contributed by atoms with Crippen LogP contribution in [-0.2, 0) is 0 Å². The second-order valence-corrected chi connectivity index (χ2v) is 6.88. The van der Waals surface area contributed by atoms with Gasteiger partial charge in [0.25, 0.3) is 0 Å². The standard InChI is InChI=1S/C18H17FN6OS/c19-14-4-1-3-13(11-14)15-12-27-18(21-15)25-9-7-24(8-10-25)17(26)22-16-5-2-6-20-23-16/h1-6,11-12H,7-10H2,(H,22,23,26). The molecule has 0 aliphatic carbocycles. The van der Waals surface area contributed by atoms with Gasteiger partial charge in [-0.15, -0.1) is 16.4 Å². The molecular formula is C18H17FN6OS. The lowest BCUT2D eigenvalue weighted by Gasteiger charge is -2.34. The first-order valence-corrected chi connectivity index (χ1v) is 9.37. The Bertz CT molecular complexity index is 926. The number of thiazole rings is 1. The summed E-state index contributed by atoms with van der Waals surface area (Å²) in [5, 5.41) is 13.2. The molecule has 0 unspecified atom stereocenters. The quantitative estimate of drug-likeness (QED) is 0.751. The normalized spacial score (nSPS) is 14.3. The molecule has 1 saturated heterocycles. The number of carbonyl (C=O) groups excluding carboxylic acids is 1. The summed E-state index contributed by atoms with van der Waals surface area (Å²) in [4.78, 5) is 20.8. The van der Waals surface area contributed by atoms with Crippen molar-refractivity contribution in [3.8, 4) is 11.3 Å². The highest BCUT2D eigenvalue weighted by atomic mass is 32.1. The smallest absolute Gasteiger partial charge is 0.323 e. The van der Waals surface area contributed by atoms with Gasteiger partial charge in [0.1, 0.15) is 5.82 Å². The minimum Gasteiger partial charge on any atom is -0.345 e. The zero-order chi connectivity index (χ0) is 18.6. The topological polar surface area (TPSA) is 74.2 Å². The van der Waals surface area contributed by atoms with Crippen LogP contribution in [0.4, 0.5) is 20.1 Å². The highest BCUT2D eigenvalue weighted by Gasteiger charge is 2.23. The maximum atomic E-state index is 13.4. The number of nitrogens with one attached hydrogen (secondary N) is 1. The summed E-state index contributed by atoms with van der Waals surface area (Å²) >= 11 is 1.52.